The first kappa shape index (κ1) is 14.3. The maximum atomic E-state index is 11.9. The van der Waals surface area contributed by atoms with E-state index in [0.717, 1.165) is 25.7 Å². The van der Waals surface area contributed by atoms with E-state index in [1.807, 2.05) is 0 Å². The Kier molecular flexibility index (Phi) is 4.80. The fourth-order valence-electron chi connectivity index (χ4n) is 2.64. The van der Waals surface area contributed by atoms with E-state index in [9.17, 15) is 9.59 Å². The molecule has 2 rings (SSSR count). The lowest BCUT2D eigenvalue weighted by Crippen LogP contribution is -2.58. The topological polar surface area (TPSA) is 64.6 Å². The summed E-state index contributed by atoms with van der Waals surface area (Å²) in [6.07, 6.45) is 6.73. The number of ether oxygens (including phenoxy) is 2. The summed E-state index contributed by atoms with van der Waals surface area (Å²) < 4.78 is 10.6. The number of esters is 2. The van der Waals surface area contributed by atoms with Gasteiger partial charge in [0.15, 0.2) is 6.10 Å². The maximum Gasteiger partial charge on any atom is 0.367 e. The Morgan fingerprint density at radius 2 is 2.05 bits per heavy atom. The molecule has 19 heavy (non-hydrogen) atoms. The fraction of sp³-hybridized carbons (Fsp3) is 0.857. The van der Waals surface area contributed by atoms with E-state index in [4.69, 9.17) is 9.47 Å². The zero-order valence-electron chi connectivity index (χ0n) is 11.6. The summed E-state index contributed by atoms with van der Waals surface area (Å²) in [6, 6.07) is 0. The number of carbonyl (C=O) groups excluding carboxylic acids is 2. The zero-order valence-corrected chi connectivity index (χ0v) is 11.6. The van der Waals surface area contributed by atoms with Crippen molar-refractivity contribution >= 4 is 11.9 Å². The van der Waals surface area contributed by atoms with Gasteiger partial charge < -0.3 is 9.47 Å². The second kappa shape index (κ2) is 6.37. The lowest BCUT2D eigenvalue weighted by atomic mass is 10.1. The van der Waals surface area contributed by atoms with E-state index in [0.29, 0.717) is 19.4 Å². The van der Waals surface area contributed by atoms with Crippen molar-refractivity contribution in [3.05, 3.63) is 0 Å². The predicted molar refractivity (Wildman–Crippen MR) is 69.3 cm³/mol. The fourth-order valence-corrected chi connectivity index (χ4v) is 2.64. The van der Waals surface area contributed by atoms with Crippen molar-refractivity contribution in [1.82, 2.24) is 5.32 Å². The molecule has 0 aromatic carbocycles. The lowest BCUT2D eigenvalue weighted by molar-refractivity contribution is -0.214. The van der Waals surface area contributed by atoms with Gasteiger partial charge >= 0.3 is 11.9 Å². The second-order valence-electron chi connectivity index (χ2n) is 5.38. The Morgan fingerprint density at radius 3 is 2.74 bits per heavy atom. The number of hydrogen-bond donors (Lipinski definition) is 1. The van der Waals surface area contributed by atoms with E-state index in [2.05, 4.69) is 12.2 Å². The van der Waals surface area contributed by atoms with Crippen molar-refractivity contribution in [2.75, 3.05) is 6.54 Å². The monoisotopic (exact) mass is 269 g/mol. The molecule has 2 aliphatic heterocycles. The Labute approximate surface area is 114 Å². The Hall–Kier alpha value is -1.10. The van der Waals surface area contributed by atoms with Gasteiger partial charge in [0, 0.05) is 6.42 Å². The third-order valence-electron chi connectivity index (χ3n) is 3.80. The minimum atomic E-state index is -1.18. The van der Waals surface area contributed by atoms with Crippen LogP contribution in [-0.2, 0) is 19.1 Å². The first-order valence-corrected chi connectivity index (χ1v) is 7.37. The molecule has 1 N–H and O–H groups in total. The van der Waals surface area contributed by atoms with Crippen LogP contribution in [0.15, 0.2) is 0 Å². The molecular formula is C14H23NO4. The highest BCUT2D eigenvalue weighted by molar-refractivity contribution is 5.90. The first-order chi connectivity index (χ1) is 9.18. The highest BCUT2D eigenvalue weighted by Crippen LogP contribution is 2.29. The minimum Gasteiger partial charge on any atom is -0.446 e. The normalized spacial score (nSPS) is 30.5. The van der Waals surface area contributed by atoms with E-state index >= 15 is 0 Å². The summed E-state index contributed by atoms with van der Waals surface area (Å²) in [5.41, 5.74) is -1.18. The minimum absolute atomic E-state index is 0.399. The van der Waals surface area contributed by atoms with Crippen LogP contribution in [0.3, 0.4) is 0 Å². The molecule has 2 heterocycles. The van der Waals surface area contributed by atoms with Crippen LogP contribution < -0.4 is 5.32 Å². The highest BCUT2D eigenvalue weighted by atomic mass is 16.7. The van der Waals surface area contributed by atoms with Crippen molar-refractivity contribution in [2.45, 2.75) is 70.1 Å². The summed E-state index contributed by atoms with van der Waals surface area (Å²) >= 11 is 0. The van der Waals surface area contributed by atoms with Crippen LogP contribution in [-0.4, -0.2) is 30.3 Å². The molecule has 0 aliphatic carbocycles. The van der Waals surface area contributed by atoms with Crippen LogP contribution in [0.4, 0.5) is 0 Å². The summed E-state index contributed by atoms with van der Waals surface area (Å²) in [5.74, 6) is -0.826. The van der Waals surface area contributed by atoms with Gasteiger partial charge in [-0.2, -0.15) is 0 Å². The summed E-state index contributed by atoms with van der Waals surface area (Å²) in [7, 11) is 0. The molecule has 0 saturated carbocycles. The van der Waals surface area contributed by atoms with Crippen LogP contribution >= 0.6 is 0 Å². The second-order valence-corrected chi connectivity index (χ2v) is 5.38. The molecule has 5 heteroatoms. The van der Waals surface area contributed by atoms with Crippen LogP contribution in [0.5, 0.6) is 0 Å². The molecule has 2 fully saturated rings. The predicted octanol–water partition coefficient (Wildman–Crippen LogP) is 1.90. The number of rotatable bonds is 6. The van der Waals surface area contributed by atoms with Crippen LogP contribution in [0, 0.1) is 0 Å². The average Bonchev–Trinajstić information content (AvgIpc) is 2.85. The van der Waals surface area contributed by atoms with Crippen LogP contribution in [0.1, 0.15) is 58.3 Å². The Morgan fingerprint density at radius 1 is 1.26 bits per heavy atom. The molecule has 0 aromatic heterocycles. The van der Waals surface area contributed by atoms with Gasteiger partial charge in [0.2, 0.25) is 0 Å². The molecule has 2 unspecified atom stereocenters. The standard InChI is InChI=1S/C14H23NO4/c1-2-3-4-5-6-8-11-12(16)19-14(13(17)18-11)9-7-10-15-14/h11,15H,2-10H2,1H3. The molecule has 2 atom stereocenters. The van der Waals surface area contributed by atoms with Crippen molar-refractivity contribution in [1.29, 1.82) is 0 Å². The van der Waals surface area contributed by atoms with Crippen molar-refractivity contribution < 1.29 is 19.1 Å². The SMILES string of the molecule is CCCCCCCC1OC(=O)C2(CCCN2)OC1=O. The third-order valence-corrected chi connectivity index (χ3v) is 3.80. The van der Waals surface area contributed by atoms with Gasteiger partial charge in [0.25, 0.3) is 5.72 Å². The van der Waals surface area contributed by atoms with Crippen molar-refractivity contribution in [3.8, 4) is 0 Å². The van der Waals surface area contributed by atoms with Crippen LogP contribution in [0.25, 0.3) is 0 Å². The third kappa shape index (κ3) is 3.26. The smallest absolute Gasteiger partial charge is 0.367 e. The van der Waals surface area contributed by atoms with E-state index < -0.39 is 23.8 Å². The number of cyclic esters (lactones) is 1. The molecule has 0 bridgehead atoms. The number of carbonyl (C=O) groups is 2. The lowest BCUT2D eigenvalue weighted by Gasteiger charge is -2.34. The molecule has 108 valence electrons. The molecule has 0 radical (unpaired) electrons. The summed E-state index contributed by atoms with van der Waals surface area (Å²) in [6.45, 7) is 2.85. The van der Waals surface area contributed by atoms with E-state index in [-0.39, 0.29) is 0 Å². The average molecular weight is 269 g/mol. The summed E-state index contributed by atoms with van der Waals surface area (Å²) in [4.78, 5) is 23.8. The van der Waals surface area contributed by atoms with Gasteiger partial charge in [-0.05, 0) is 25.8 Å². The van der Waals surface area contributed by atoms with Gasteiger partial charge in [-0.15, -0.1) is 0 Å². The Balaban J connectivity index is 1.78. The largest absolute Gasteiger partial charge is 0.446 e. The van der Waals surface area contributed by atoms with Crippen LogP contribution in [0.2, 0.25) is 0 Å². The highest BCUT2D eigenvalue weighted by Gasteiger charge is 2.52. The summed E-state index contributed by atoms with van der Waals surface area (Å²) in [5, 5.41) is 2.94. The molecule has 2 aliphatic rings. The van der Waals surface area contributed by atoms with Crippen molar-refractivity contribution in [2.24, 2.45) is 0 Å². The number of unbranched alkanes of at least 4 members (excludes halogenated alkanes) is 4. The Bertz CT molecular complexity index is 336. The molecule has 1 spiro atoms. The molecule has 2 saturated heterocycles. The number of nitrogens with one attached hydrogen (secondary N) is 1. The maximum absolute atomic E-state index is 11.9. The van der Waals surface area contributed by atoms with Gasteiger partial charge in [-0.3, -0.25) is 5.32 Å². The van der Waals surface area contributed by atoms with E-state index in [1.165, 1.54) is 12.8 Å². The van der Waals surface area contributed by atoms with Gasteiger partial charge in [0.05, 0.1) is 0 Å². The van der Waals surface area contributed by atoms with Gasteiger partial charge in [0.1, 0.15) is 0 Å². The van der Waals surface area contributed by atoms with Gasteiger partial charge in [-0.1, -0.05) is 32.6 Å². The zero-order chi connectivity index (χ0) is 13.7. The van der Waals surface area contributed by atoms with Crippen molar-refractivity contribution in [3.63, 3.8) is 0 Å². The molecule has 0 aromatic rings. The molecule has 5 nitrogen and oxygen atoms in total. The quantitative estimate of drug-likeness (QED) is 0.589. The number of hydrogen-bond acceptors (Lipinski definition) is 5. The van der Waals surface area contributed by atoms with Gasteiger partial charge in [-0.25, -0.2) is 9.59 Å². The van der Waals surface area contributed by atoms with E-state index in [1.54, 1.807) is 0 Å². The first-order valence-electron chi connectivity index (χ1n) is 7.37. The molecular weight excluding hydrogens is 246 g/mol. The molecule has 0 amide bonds.